The van der Waals surface area contributed by atoms with E-state index in [1.165, 1.54) is 32.1 Å². The van der Waals surface area contributed by atoms with Gasteiger partial charge in [-0.05, 0) is 91.3 Å². The second-order valence-electron chi connectivity index (χ2n) is 11.0. The lowest BCUT2D eigenvalue weighted by atomic mass is 9.44. The van der Waals surface area contributed by atoms with E-state index in [9.17, 15) is 0 Å². The lowest BCUT2D eigenvalue weighted by molar-refractivity contribution is -0.114. The Hall–Kier alpha value is 0.730. The molecule has 4 rings (SSSR count). The smallest absolute Gasteiger partial charge is 0.0149 e. The number of fused-ring (bicyclic) bond motifs is 5. The highest BCUT2D eigenvalue weighted by Crippen LogP contribution is 2.69. The lowest BCUT2D eigenvalue weighted by Crippen LogP contribution is -2.53. The fraction of sp³-hybridized carbons (Fsp3) is 1.00. The summed E-state index contributed by atoms with van der Waals surface area (Å²) in [7, 11) is 0. The first kappa shape index (κ1) is 19.1. The van der Waals surface area contributed by atoms with Gasteiger partial charge in [0.05, 0.1) is 0 Å². The standard InChI is InChI=1S/C24H41I/c1-5-8-16(2)22-21(25)15-20-18-11-10-17-9-6-7-13-23(17,3)19(18)12-14-24(20,22)4/h16-22H,5-15H2,1-4H3/t16-,17+,18-,19+,20+,21?,22+,23+,24+/m1/s1. The third kappa shape index (κ3) is 2.87. The monoisotopic (exact) mass is 456 g/mol. The van der Waals surface area contributed by atoms with Gasteiger partial charge in [-0.15, -0.1) is 0 Å². The minimum atomic E-state index is 0.652. The van der Waals surface area contributed by atoms with Crippen LogP contribution in [-0.2, 0) is 0 Å². The summed E-state index contributed by atoms with van der Waals surface area (Å²) in [5, 5.41) is 0. The third-order valence-electron chi connectivity index (χ3n) is 10.0. The molecule has 9 atom stereocenters. The molecule has 0 N–H and O–H groups in total. The molecule has 0 spiro atoms. The van der Waals surface area contributed by atoms with E-state index in [2.05, 4.69) is 50.3 Å². The van der Waals surface area contributed by atoms with Gasteiger partial charge in [0.2, 0.25) is 0 Å². The van der Waals surface area contributed by atoms with E-state index in [-0.39, 0.29) is 0 Å². The van der Waals surface area contributed by atoms with Crippen LogP contribution in [0.1, 0.15) is 98.3 Å². The van der Waals surface area contributed by atoms with E-state index in [4.69, 9.17) is 0 Å². The van der Waals surface area contributed by atoms with Crippen LogP contribution in [0.5, 0.6) is 0 Å². The Morgan fingerprint density at radius 1 is 0.960 bits per heavy atom. The van der Waals surface area contributed by atoms with Crippen LogP contribution in [0.25, 0.3) is 0 Å². The van der Waals surface area contributed by atoms with Crippen LogP contribution < -0.4 is 0 Å². The number of hydrogen-bond acceptors (Lipinski definition) is 0. The molecule has 1 unspecified atom stereocenters. The molecule has 4 aliphatic carbocycles. The van der Waals surface area contributed by atoms with Crippen molar-refractivity contribution in [1.82, 2.24) is 0 Å². The van der Waals surface area contributed by atoms with Crippen molar-refractivity contribution in [1.29, 1.82) is 0 Å². The zero-order chi connectivity index (χ0) is 17.8. The maximum atomic E-state index is 2.87. The second-order valence-corrected chi connectivity index (χ2v) is 12.6. The Bertz CT molecular complexity index is 486. The molecule has 0 amide bonds. The minimum absolute atomic E-state index is 0.652. The lowest BCUT2D eigenvalue weighted by Gasteiger charge is -2.60. The topological polar surface area (TPSA) is 0 Å². The molecular formula is C24H41I. The highest BCUT2D eigenvalue weighted by molar-refractivity contribution is 14.1. The molecule has 25 heavy (non-hydrogen) atoms. The van der Waals surface area contributed by atoms with Gasteiger partial charge in [0.25, 0.3) is 0 Å². The van der Waals surface area contributed by atoms with E-state index in [0.29, 0.717) is 10.8 Å². The fourth-order valence-electron chi connectivity index (χ4n) is 8.94. The van der Waals surface area contributed by atoms with Crippen LogP contribution in [0.3, 0.4) is 0 Å². The third-order valence-corrected chi connectivity index (χ3v) is 11.3. The van der Waals surface area contributed by atoms with Crippen LogP contribution in [0.2, 0.25) is 0 Å². The molecule has 4 saturated carbocycles. The van der Waals surface area contributed by atoms with Crippen LogP contribution in [-0.4, -0.2) is 3.92 Å². The maximum absolute atomic E-state index is 2.87. The molecule has 0 bridgehead atoms. The predicted molar refractivity (Wildman–Crippen MR) is 117 cm³/mol. The van der Waals surface area contributed by atoms with Crippen molar-refractivity contribution in [3.63, 3.8) is 0 Å². The van der Waals surface area contributed by atoms with Crippen molar-refractivity contribution in [2.24, 2.45) is 46.3 Å². The first-order chi connectivity index (χ1) is 11.9. The molecule has 0 radical (unpaired) electrons. The summed E-state index contributed by atoms with van der Waals surface area (Å²) in [4.78, 5) is 0. The molecule has 0 aliphatic heterocycles. The molecule has 0 aromatic rings. The largest absolute Gasteiger partial charge is 0.0823 e. The molecule has 0 heterocycles. The second kappa shape index (κ2) is 6.96. The zero-order valence-corrected chi connectivity index (χ0v) is 19.4. The quantitative estimate of drug-likeness (QED) is 0.299. The number of rotatable bonds is 3. The fourth-order valence-corrected chi connectivity index (χ4v) is 11.0. The number of halogens is 1. The van der Waals surface area contributed by atoms with Gasteiger partial charge in [0.1, 0.15) is 0 Å². The van der Waals surface area contributed by atoms with Crippen molar-refractivity contribution in [3.05, 3.63) is 0 Å². The summed E-state index contributed by atoms with van der Waals surface area (Å²) in [6.07, 6.45) is 16.7. The average molecular weight is 456 g/mol. The van der Waals surface area contributed by atoms with E-state index in [1.807, 2.05) is 0 Å². The Balaban J connectivity index is 1.60. The molecule has 0 saturated heterocycles. The SMILES string of the molecule is CCC[C@@H](C)[C@H]1C(I)C[C@H]2[C@@H]3CC[C@@H]4CCCC[C@]4(C)[C@H]3CC[C@]12C. The molecular weight excluding hydrogens is 415 g/mol. The van der Waals surface area contributed by atoms with Gasteiger partial charge in [-0.25, -0.2) is 0 Å². The van der Waals surface area contributed by atoms with Crippen molar-refractivity contribution < 1.29 is 0 Å². The Morgan fingerprint density at radius 3 is 2.52 bits per heavy atom. The van der Waals surface area contributed by atoms with Crippen molar-refractivity contribution in [3.8, 4) is 0 Å². The van der Waals surface area contributed by atoms with Gasteiger partial charge in [0, 0.05) is 3.92 Å². The van der Waals surface area contributed by atoms with Crippen molar-refractivity contribution >= 4 is 22.6 Å². The Kier molecular flexibility index (Phi) is 5.31. The van der Waals surface area contributed by atoms with E-state index >= 15 is 0 Å². The van der Waals surface area contributed by atoms with Gasteiger partial charge >= 0.3 is 0 Å². The van der Waals surface area contributed by atoms with Crippen molar-refractivity contribution in [2.75, 3.05) is 0 Å². The molecule has 144 valence electrons. The van der Waals surface area contributed by atoms with Crippen LogP contribution in [0, 0.1) is 46.3 Å². The molecule has 4 fully saturated rings. The minimum Gasteiger partial charge on any atom is -0.0823 e. The summed E-state index contributed by atoms with van der Waals surface area (Å²) in [6.45, 7) is 10.4. The zero-order valence-electron chi connectivity index (χ0n) is 17.2. The molecule has 4 aliphatic rings. The van der Waals surface area contributed by atoms with E-state index in [0.717, 1.165) is 39.4 Å². The Morgan fingerprint density at radius 2 is 1.76 bits per heavy atom. The number of alkyl halides is 1. The van der Waals surface area contributed by atoms with Crippen molar-refractivity contribution in [2.45, 2.75) is 102 Å². The van der Waals surface area contributed by atoms with E-state index in [1.54, 1.807) is 38.5 Å². The summed E-state index contributed by atoms with van der Waals surface area (Å²) in [6, 6.07) is 0. The van der Waals surface area contributed by atoms with E-state index < -0.39 is 0 Å². The summed E-state index contributed by atoms with van der Waals surface area (Å²) in [5.74, 6) is 6.15. The van der Waals surface area contributed by atoms with Gasteiger partial charge in [0.15, 0.2) is 0 Å². The van der Waals surface area contributed by atoms with Gasteiger partial charge in [-0.1, -0.05) is 76.0 Å². The van der Waals surface area contributed by atoms with Gasteiger partial charge in [-0.2, -0.15) is 0 Å². The first-order valence-electron chi connectivity index (χ1n) is 11.6. The molecule has 0 aromatic carbocycles. The van der Waals surface area contributed by atoms with Crippen LogP contribution in [0.15, 0.2) is 0 Å². The molecule has 1 heteroatoms. The summed E-state index contributed by atoms with van der Waals surface area (Å²) in [5.41, 5.74) is 1.36. The van der Waals surface area contributed by atoms with Crippen LogP contribution in [0.4, 0.5) is 0 Å². The maximum Gasteiger partial charge on any atom is 0.0149 e. The Labute approximate surface area is 170 Å². The highest BCUT2D eigenvalue weighted by atomic mass is 127. The predicted octanol–water partition coefficient (Wildman–Crippen LogP) is 7.89. The normalized spacial score (nSPS) is 53.6. The highest BCUT2D eigenvalue weighted by Gasteiger charge is 2.61. The van der Waals surface area contributed by atoms with Gasteiger partial charge in [-0.3, -0.25) is 0 Å². The molecule has 0 nitrogen and oxygen atoms in total. The first-order valence-corrected chi connectivity index (χ1v) is 12.8. The molecule has 0 aromatic heterocycles. The van der Waals surface area contributed by atoms with Gasteiger partial charge < -0.3 is 0 Å². The number of hydrogen-bond donors (Lipinski definition) is 0. The average Bonchev–Trinajstić information content (AvgIpc) is 2.84. The summed E-state index contributed by atoms with van der Waals surface area (Å²) >= 11 is 2.87. The summed E-state index contributed by atoms with van der Waals surface area (Å²) < 4.78 is 0.935. The van der Waals surface area contributed by atoms with Crippen LogP contribution >= 0.6 is 22.6 Å².